The average molecular weight is 253 g/mol. The van der Waals surface area contributed by atoms with Crippen LogP contribution in [0.25, 0.3) is 0 Å². The van der Waals surface area contributed by atoms with Gasteiger partial charge in [-0.15, -0.1) is 0 Å². The molecule has 0 bridgehead atoms. The lowest BCUT2D eigenvalue weighted by atomic mass is 9.84. The molecule has 0 saturated carbocycles. The second kappa shape index (κ2) is 5.69. The van der Waals surface area contributed by atoms with Crippen LogP contribution in [0.5, 0.6) is 0 Å². The van der Waals surface area contributed by atoms with Gasteiger partial charge in [0.25, 0.3) is 0 Å². The van der Waals surface area contributed by atoms with E-state index in [9.17, 15) is 9.59 Å². The minimum absolute atomic E-state index is 0.0183. The van der Waals surface area contributed by atoms with E-state index < -0.39 is 0 Å². The van der Waals surface area contributed by atoms with Crippen LogP contribution in [0.3, 0.4) is 0 Å². The van der Waals surface area contributed by atoms with Crippen LogP contribution in [0.1, 0.15) is 32.6 Å². The predicted molar refractivity (Wildman–Crippen MR) is 68.7 cm³/mol. The third kappa shape index (κ3) is 2.83. The number of nitrogens with zero attached hydrogens (tertiary/aromatic N) is 1. The van der Waals surface area contributed by atoms with Gasteiger partial charge in [-0.3, -0.25) is 9.59 Å². The maximum absolute atomic E-state index is 12.2. The highest BCUT2D eigenvalue weighted by atomic mass is 16.2. The van der Waals surface area contributed by atoms with E-state index in [4.69, 9.17) is 5.73 Å². The van der Waals surface area contributed by atoms with Crippen molar-refractivity contribution in [2.24, 2.45) is 17.6 Å². The van der Waals surface area contributed by atoms with E-state index in [2.05, 4.69) is 5.32 Å². The molecule has 0 aliphatic carbocycles. The zero-order chi connectivity index (χ0) is 13.1. The minimum Gasteiger partial charge on any atom is -0.353 e. The van der Waals surface area contributed by atoms with Crippen molar-refractivity contribution in [1.82, 2.24) is 10.2 Å². The van der Waals surface area contributed by atoms with Gasteiger partial charge in [0.05, 0.1) is 0 Å². The van der Waals surface area contributed by atoms with Crippen LogP contribution in [-0.2, 0) is 9.59 Å². The topological polar surface area (TPSA) is 75.4 Å². The fourth-order valence-corrected chi connectivity index (χ4v) is 3.00. The molecule has 5 heteroatoms. The third-order valence-corrected chi connectivity index (χ3v) is 4.16. The van der Waals surface area contributed by atoms with E-state index >= 15 is 0 Å². The van der Waals surface area contributed by atoms with Crippen molar-refractivity contribution in [3.8, 4) is 0 Å². The number of piperidine rings is 2. The number of carbonyl (C=O) groups is 2. The van der Waals surface area contributed by atoms with Gasteiger partial charge in [0.15, 0.2) is 0 Å². The van der Waals surface area contributed by atoms with Crippen LogP contribution in [0.4, 0.5) is 0 Å². The Morgan fingerprint density at radius 1 is 1.56 bits per heavy atom. The van der Waals surface area contributed by atoms with E-state index in [1.54, 1.807) is 0 Å². The molecule has 0 radical (unpaired) electrons. The van der Waals surface area contributed by atoms with E-state index in [-0.39, 0.29) is 23.8 Å². The summed E-state index contributed by atoms with van der Waals surface area (Å²) >= 11 is 0. The molecule has 2 fully saturated rings. The SMILES string of the molecule is CC(CCN)C(=O)N1CCC2NC(=O)CCC2C1. The second-order valence-electron chi connectivity index (χ2n) is 5.52. The van der Waals surface area contributed by atoms with Crippen LogP contribution in [0.15, 0.2) is 0 Å². The fraction of sp³-hybridized carbons (Fsp3) is 0.846. The lowest BCUT2D eigenvalue weighted by molar-refractivity contribution is -0.138. The van der Waals surface area contributed by atoms with E-state index in [1.165, 1.54) is 0 Å². The van der Waals surface area contributed by atoms with Crippen LogP contribution in [0, 0.1) is 11.8 Å². The normalized spacial score (nSPS) is 29.4. The number of rotatable bonds is 3. The maximum Gasteiger partial charge on any atom is 0.225 e. The molecule has 3 unspecified atom stereocenters. The summed E-state index contributed by atoms with van der Waals surface area (Å²) in [5, 5.41) is 3.04. The molecule has 2 amide bonds. The highest BCUT2D eigenvalue weighted by Crippen LogP contribution is 2.26. The van der Waals surface area contributed by atoms with Gasteiger partial charge in [-0.2, -0.15) is 0 Å². The lowest BCUT2D eigenvalue weighted by Gasteiger charge is -2.42. The maximum atomic E-state index is 12.2. The molecule has 102 valence electrons. The van der Waals surface area contributed by atoms with Crippen molar-refractivity contribution >= 4 is 11.8 Å². The van der Waals surface area contributed by atoms with Crippen LogP contribution >= 0.6 is 0 Å². The highest BCUT2D eigenvalue weighted by molar-refractivity contribution is 5.79. The van der Waals surface area contributed by atoms with Crippen molar-refractivity contribution in [3.05, 3.63) is 0 Å². The van der Waals surface area contributed by atoms with Gasteiger partial charge < -0.3 is 16.0 Å². The fourth-order valence-electron chi connectivity index (χ4n) is 3.00. The number of nitrogens with one attached hydrogen (secondary N) is 1. The van der Waals surface area contributed by atoms with Crippen molar-refractivity contribution in [1.29, 1.82) is 0 Å². The Hall–Kier alpha value is -1.10. The van der Waals surface area contributed by atoms with E-state index in [0.717, 1.165) is 32.4 Å². The summed E-state index contributed by atoms with van der Waals surface area (Å²) in [4.78, 5) is 25.5. The highest BCUT2D eigenvalue weighted by Gasteiger charge is 2.35. The largest absolute Gasteiger partial charge is 0.353 e. The van der Waals surface area contributed by atoms with Crippen molar-refractivity contribution < 1.29 is 9.59 Å². The van der Waals surface area contributed by atoms with E-state index in [0.29, 0.717) is 18.9 Å². The van der Waals surface area contributed by atoms with Crippen molar-refractivity contribution in [2.45, 2.75) is 38.6 Å². The first kappa shape index (κ1) is 13.3. The average Bonchev–Trinajstić information content (AvgIpc) is 2.37. The number of likely N-dealkylation sites (tertiary alicyclic amines) is 1. The second-order valence-corrected chi connectivity index (χ2v) is 5.52. The standard InChI is InChI=1S/C13H23N3O2/c1-9(4-6-14)13(18)16-7-5-11-10(8-16)2-3-12(17)15-11/h9-11H,2-8,14H2,1H3,(H,15,17). The Morgan fingerprint density at radius 2 is 2.33 bits per heavy atom. The number of amides is 2. The molecule has 0 aromatic heterocycles. The first-order chi connectivity index (χ1) is 8.61. The molecule has 2 rings (SSSR count). The van der Waals surface area contributed by atoms with Crippen LogP contribution in [-0.4, -0.2) is 42.4 Å². The Labute approximate surface area is 108 Å². The summed E-state index contributed by atoms with van der Waals surface area (Å²) in [7, 11) is 0. The van der Waals surface area contributed by atoms with Gasteiger partial charge in [0, 0.05) is 31.5 Å². The smallest absolute Gasteiger partial charge is 0.225 e. The summed E-state index contributed by atoms with van der Waals surface area (Å²) in [6, 6.07) is 0.278. The summed E-state index contributed by atoms with van der Waals surface area (Å²) in [6.45, 7) is 4.06. The molecule has 3 atom stereocenters. The van der Waals surface area contributed by atoms with Gasteiger partial charge in [-0.25, -0.2) is 0 Å². The predicted octanol–water partition coefficient (Wildman–Crippen LogP) is 0.0984. The number of hydrogen-bond acceptors (Lipinski definition) is 3. The van der Waals surface area contributed by atoms with Crippen LogP contribution in [0.2, 0.25) is 0 Å². The molecule has 0 aromatic carbocycles. The minimum atomic E-state index is 0.0183. The Kier molecular flexibility index (Phi) is 4.22. The zero-order valence-corrected chi connectivity index (χ0v) is 11.0. The summed E-state index contributed by atoms with van der Waals surface area (Å²) in [5.74, 6) is 0.832. The molecule has 2 saturated heterocycles. The van der Waals surface area contributed by atoms with Crippen LogP contribution < -0.4 is 11.1 Å². The molecular weight excluding hydrogens is 230 g/mol. The molecule has 3 N–H and O–H groups in total. The summed E-state index contributed by atoms with van der Waals surface area (Å²) < 4.78 is 0. The first-order valence-electron chi connectivity index (χ1n) is 6.90. The lowest BCUT2D eigenvalue weighted by Crippen LogP contribution is -2.55. The number of carbonyl (C=O) groups excluding carboxylic acids is 2. The monoisotopic (exact) mass is 253 g/mol. The Balaban J connectivity index is 1.90. The third-order valence-electron chi connectivity index (χ3n) is 4.16. The number of nitrogens with two attached hydrogens (primary N) is 1. The van der Waals surface area contributed by atoms with Gasteiger partial charge in [-0.05, 0) is 31.7 Å². The molecule has 5 nitrogen and oxygen atoms in total. The summed E-state index contributed by atoms with van der Waals surface area (Å²) in [6.07, 6.45) is 3.14. The van der Waals surface area contributed by atoms with E-state index in [1.807, 2.05) is 11.8 Å². The van der Waals surface area contributed by atoms with Gasteiger partial charge in [-0.1, -0.05) is 6.92 Å². The molecule has 2 heterocycles. The molecule has 0 spiro atoms. The number of fused-ring (bicyclic) bond motifs is 1. The molecular formula is C13H23N3O2. The Bertz CT molecular complexity index is 332. The number of hydrogen-bond donors (Lipinski definition) is 2. The first-order valence-corrected chi connectivity index (χ1v) is 6.90. The quantitative estimate of drug-likeness (QED) is 0.749. The molecule has 2 aliphatic rings. The Morgan fingerprint density at radius 3 is 3.06 bits per heavy atom. The van der Waals surface area contributed by atoms with Gasteiger partial charge in [0.2, 0.25) is 11.8 Å². The molecule has 2 aliphatic heterocycles. The van der Waals surface area contributed by atoms with Gasteiger partial charge in [0.1, 0.15) is 0 Å². The zero-order valence-electron chi connectivity index (χ0n) is 11.0. The van der Waals surface area contributed by atoms with Crippen molar-refractivity contribution in [3.63, 3.8) is 0 Å². The molecule has 18 heavy (non-hydrogen) atoms. The summed E-state index contributed by atoms with van der Waals surface area (Å²) in [5.41, 5.74) is 5.50. The van der Waals surface area contributed by atoms with Crippen molar-refractivity contribution in [2.75, 3.05) is 19.6 Å². The molecule has 0 aromatic rings. The van der Waals surface area contributed by atoms with Gasteiger partial charge >= 0.3 is 0 Å².